The van der Waals surface area contributed by atoms with Gasteiger partial charge in [0, 0.05) is 7.85 Å². The quantitative estimate of drug-likeness (QED) is 0.857. The van der Waals surface area contributed by atoms with E-state index in [1.807, 2.05) is 39.0 Å². The van der Waals surface area contributed by atoms with Gasteiger partial charge in [0.25, 0.3) is 10.0 Å². The van der Waals surface area contributed by atoms with Crippen LogP contribution in [0.2, 0.25) is 0 Å². The zero-order valence-corrected chi connectivity index (χ0v) is 15.7. The van der Waals surface area contributed by atoms with Gasteiger partial charge in [-0.15, -0.1) is 4.40 Å². The van der Waals surface area contributed by atoms with Gasteiger partial charge in [0.05, 0.1) is 5.69 Å². The number of nitrogens with one attached hydrogen (secondary N) is 1. The van der Waals surface area contributed by atoms with Crippen molar-refractivity contribution in [3.63, 3.8) is 0 Å². The van der Waals surface area contributed by atoms with E-state index in [1.165, 1.54) is 11.1 Å². The van der Waals surface area contributed by atoms with Gasteiger partial charge in [0.2, 0.25) is 0 Å². The van der Waals surface area contributed by atoms with Gasteiger partial charge >= 0.3 is 0 Å². The van der Waals surface area contributed by atoms with Crippen LogP contribution in [0.1, 0.15) is 44.5 Å². The van der Waals surface area contributed by atoms with E-state index < -0.39 is 10.0 Å². The molecule has 4 nitrogen and oxygen atoms in total. The second-order valence-corrected chi connectivity index (χ2v) is 7.19. The van der Waals surface area contributed by atoms with Gasteiger partial charge in [0.15, 0.2) is 0 Å². The third kappa shape index (κ3) is 3.51. The van der Waals surface area contributed by atoms with Crippen LogP contribution in [-0.2, 0) is 16.4 Å². The Morgan fingerprint density at radius 2 is 1.67 bits per heavy atom. The molecule has 0 aromatic heterocycles. The Balaban J connectivity index is 0.00000101. The Labute approximate surface area is 146 Å². The van der Waals surface area contributed by atoms with Crippen LogP contribution in [0.4, 0.5) is 5.69 Å². The van der Waals surface area contributed by atoms with E-state index in [9.17, 15) is 8.42 Å². The predicted molar refractivity (Wildman–Crippen MR) is 103 cm³/mol. The third-order valence-electron chi connectivity index (χ3n) is 3.98. The smallest absolute Gasteiger partial charge is 0.286 e. The Hall–Kier alpha value is -2.14. The monoisotopic (exact) mass is 346 g/mol. The van der Waals surface area contributed by atoms with Gasteiger partial charge in [-0.2, -0.15) is 8.42 Å². The molecule has 2 aromatic rings. The number of fused-ring (bicyclic) bond motifs is 1. The lowest BCUT2D eigenvalue weighted by Gasteiger charge is -2.21. The number of sulfonamides is 1. The van der Waals surface area contributed by atoms with Crippen LogP contribution >= 0.6 is 0 Å². The minimum atomic E-state index is -3.61. The van der Waals surface area contributed by atoms with Gasteiger partial charge < -0.3 is 5.32 Å². The van der Waals surface area contributed by atoms with E-state index >= 15 is 0 Å². The molecule has 5 heteroatoms. The fourth-order valence-electron chi connectivity index (χ4n) is 2.74. The molecule has 3 rings (SSSR count). The highest BCUT2D eigenvalue weighted by molar-refractivity contribution is 7.90. The van der Waals surface area contributed by atoms with Crippen LogP contribution in [-0.4, -0.2) is 14.3 Å². The predicted octanol–water partition coefficient (Wildman–Crippen LogP) is 4.70. The van der Waals surface area contributed by atoms with Crippen molar-refractivity contribution in [1.82, 2.24) is 0 Å². The first-order valence-corrected chi connectivity index (χ1v) is 9.58. The fraction of sp³-hybridized carbons (Fsp3) is 0.316. The standard InChI is InChI=1S/C17H18N2O2S.C2H6.H2/c1-11-6-4-5-7-14(11)10-15-12(2)8-9-16-17(15)18-13(3)19-22(16,20)21;1-2;/h4-9H,10H2,1-3H3,(H,18,19);1-2H3;1H. The molecule has 24 heavy (non-hydrogen) atoms. The van der Waals surface area contributed by atoms with Gasteiger partial charge in [-0.1, -0.05) is 44.2 Å². The summed E-state index contributed by atoms with van der Waals surface area (Å²) in [5, 5.41) is 3.14. The first-order chi connectivity index (χ1) is 11.4. The van der Waals surface area contributed by atoms with Crippen molar-refractivity contribution in [3.05, 3.63) is 58.7 Å². The number of rotatable bonds is 2. The number of nitrogens with zero attached hydrogens (tertiary/aromatic N) is 1. The molecule has 0 aliphatic carbocycles. The first kappa shape index (κ1) is 18.2. The lowest BCUT2D eigenvalue weighted by atomic mass is 9.96. The van der Waals surface area contributed by atoms with Crippen LogP contribution < -0.4 is 5.32 Å². The molecular formula is C19H26N2O2S. The number of hydrogen-bond acceptors (Lipinski definition) is 3. The summed E-state index contributed by atoms with van der Waals surface area (Å²) in [6.45, 7) is 9.74. The van der Waals surface area contributed by atoms with Crippen molar-refractivity contribution in [2.75, 3.05) is 5.32 Å². The Kier molecular flexibility index (Phi) is 5.44. The molecule has 2 aromatic carbocycles. The van der Waals surface area contributed by atoms with Crippen LogP contribution in [0, 0.1) is 13.8 Å². The van der Waals surface area contributed by atoms with Crippen molar-refractivity contribution >= 4 is 21.5 Å². The minimum Gasteiger partial charge on any atom is -0.342 e. The summed E-state index contributed by atoms with van der Waals surface area (Å²) in [5.74, 6) is 0.407. The SMILES string of the molecule is CC.CC1=NS(=O)(=O)c2ccc(C)c(Cc3ccccc3C)c2N1.[HH]. The summed E-state index contributed by atoms with van der Waals surface area (Å²) in [5.41, 5.74) is 5.13. The Bertz CT molecular complexity index is 890. The minimum absolute atomic E-state index is 0. The lowest BCUT2D eigenvalue weighted by Crippen LogP contribution is -2.20. The summed E-state index contributed by atoms with van der Waals surface area (Å²) in [7, 11) is -3.61. The number of amidine groups is 1. The van der Waals surface area contributed by atoms with Crippen molar-refractivity contribution in [2.24, 2.45) is 4.40 Å². The van der Waals surface area contributed by atoms with Gasteiger partial charge in [-0.25, -0.2) is 0 Å². The largest absolute Gasteiger partial charge is 0.342 e. The summed E-state index contributed by atoms with van der Waals surface area (Å²) < 4.78 is 28.2. The number of aryl methyl sites for hydroxylation is 2. The van der Waals surface area contributed by atoms with Gasteiger partial charge in [-0.3, -0.25) is 0 Å². The van der Waals surface area contributed by atoms with E-state index in [2.05, 4.69) is 28.8 Å². The van der Waals surface area contributed by atoms with Crippen LogP contribution in [0.25, 0.3) is 0 Å². The highest BCUT2D eigenvalue weighted by atomic mass is 32.2. The fourth-order valence-corrected chi connectivity index (χ4v) is 3.92. The molecule has 0 radical (unpaired) electrons. The summed E-state index contributed by atoms with van der Waals surface area (Å²) in [4.78, 5) is 0.257. The number of benzene rings is 2. The number of anilines is 1. The second-order valence-electron chi connectivity index (χ2n) is 5.61. The molecule has 1 aliphatic heterocycles. The van der Waals surface area contributed by atoms with E-state index in [4.69, 9.17) is 0 Å². The molecule has 0 amide bonds. The average molecular weight is 346 g/mol. The lowest BCUT2D eigenvalue weighted by molar-refractivity contribution is 0.597. The van der Waals surface area contributed by atoms with E-state index in [0.717, 1.165) is 11.1 Å². The summed E-state index contributed by atoms with van der Waals surface area (Å²) in [6, 6.07) is 11.6. The van der Waals surface area contributed by atoms with E-state index in [0.29, 0.717) is 17.9 Å². The zero-order chi connectivity index (χ0) is 17.9. The highest BCUT2D eigenvalue weighted by Crippen LogP contribution is 2.34. The molecule has 0 atom stereocenters. The van der Waals surface area contributed by atoms with Crippen molar-refractivity contribution in [2.45, 2.75) is 45.9 Å². The molecule has 1 N–H and O–H groups in total. The maximum atomic E-state index is 12.2. The molecule has 1 aliphatic rings. The first-order valence-electron chi connectivity index (χ1n) is 8.14. The third-order valence-corrected chi connectivity index (χ3v) is 5.39. The summed E-state index contributed by atoms with van der Waals surface area (Å²) in [6.07, 6.45) is 0.692. The summed E-state index contributed by atoms with van der Waals surface area (Å²) >= 11 is 0. The van der Waals surface area contributed by atoms with Crippen LogP contribution in [0.15, 0.2) is 45.7 Å². The zero-order valence-electron chi connectivity index (χ0n) is 14.8. The van der Waals surface area contributed by atoms with Gasteiger partial charge in [-0.05, 0) is 49.1 Å². The highest BCUT2D eigenvalue weighted by Gasteiger charge is 2.26. The molecule has 1 heterocycles. The van der Waals surface area contributed by atoms with Crippen molar-refractivity contribution in [1.29, 1.82) is 0 Å². The Morgan fingerprint density at radius 3 is 2.33 bits per heavy atom. The topological polar surface area (TPSA) is 58.5 Å². The molecule has 0 spiro atoms. The second kappa shape index (κ2) is 7.18. The van der Waals surface area contributed by atoms with Crippen molar-refractivity contribution in [3.8, 4) is 0 Å². The normalized spacial score (nSPS) is 14.6. The van der Waals surface area contributed by atoms with Crippen LogP contribution in [0.3, 0.4) is 0 Å². The number of hydrogen-bond donors (Lipinski definition) is 1. The van der Waals surface area contributed by atoms with Gasteiger partial charge in [0.1, 0.15) is 10.7 Å². The molecule has 0 fully saturated rings. The van der Waals surface area contributed by atoms with E-state index in [1.54, 1.807) is 13.0 Å². The van der Waals surface area contributed by atoms with Crippen molar-refractivity contribution < 1.29 is 9.84 Å². The molecule has 130 valence electrons. The average Bonchev–Trinajstić information content (AvgIpc) is 2.53. The Morgan fingerprint density at radius 1 is 1.00 bits per heavy atom. The molecular weight excluding hydrogens is 320 g/mol. The molecule has 0 saturated carbocycles. The van der Waals surface area contributed by atoms with Crippen LogP contribution in [0.5, 0.6) is 0 Å². The maximum absolute atomic E-state index is 12.2. The van der Waals surface area contributed by atoms with E-state index in [-0.39, 0.29) is 6.32 Å². The molecule has 0 bridgehead atoms. The maximum Gasteiger partial charge on any atom is 0.286 e. The molecule has 0 unspecified atom stereocenters. The molecule has 0 saturated heterocycles.